The van der Waals surface area contributed by atoms with Crippen molar-refractivity contribution in [2.45, 2.75) is 13.2 Å². The summed E-state index contributed by atoms with van der Waals surface area (Å²) in [6.07, 6.45) is 1.80. The van der Waals surface area contributed by atoms with E-state index in [4.69, 9.17) is 4.74 Å². The third kappa shape index (κ3) is 5.51. The lowest BCUT2D eigenvalue weighted by atomic mass is 10.2. The Balaban J connectivity index is 1.95. The Kier molecular flexibility index (Phi) is 6.72. The molecule has 23 heavy (non-hydrogen) atoms. The number of nitrogens with one attached hydrogen (secondary N) is 2. The Morgan fingerprint density at radius 1 is 1.09 bits per heavy atom. The highest BCUT2D eigenvalue weighted by Crippen LogP contribution is 2.19. The fourth-order valence-corrected chi connectivity index (χ4v) is 2.09. The number of para-hydroxylation sites is 1. The lowest BCUT2D eigenvalue weighted by molar-refractivity contribution is 0.302. The van der Waals surface area contributed by atoms with Crippen LogP contribution in [0.15, 0.2) is 72.2 Å². The molecule has 0 amide bonds. The second-order valence-corrected chi connectivity index (χ2v) is 4.98. The van der Waals surface area contributed by atoms with Gasteiger partial charge in [0.1, 0.15) is 12.4 Å². The molecule has 2 aromatic carbocycles. The molecule has 0 spiro atoms. The third-order valence-corrected chi connectivity index (χ3v) is 3.29. The Labute approximate surface area is 137 Å². The Morgan fingerprint density at radius 3 is 2.57 bits per heavy atom. The predicted molar refractivity (Wildman–Crippen MR) is 95.6 cm³/mol. The molecular weight excluding hydrogens is 286 g/mol. The van der Waals surface area contributed by atoms with E-state index >= 15 is 0 Å². The monoisotopic (exact) mass is 309 g/mol. The normalized spacial score (nSPS) is 10.9. The predicted octanol–water partition coefficient (Wildman–Crippen LogP) is 3.12. The summed E-state index contributed by atoms with van der Waals surface area (Å²) in [6, 6.07) is 18.2. The van der Waals surface area contributed by atoms with Crippen LogP contribution in [-0.4, -0.2) is 19.6 Å². The van der Waals surface area contributed by atoms with Gasteiger partial charge in [-0.15, -0.1) is 6.58 Å². The van der Waals surface area contributed by atoms with Gasteiger partial charge in [0.25, 0.3) is 0 Å². The standard InChI is InChI=1S/C19H23N3O/c1-3-13-21-19(20-2)22-14-17-11-7-8-12-18(17)23-15-16-9-5-4-6-10-16/h3-12H,1,13-15H2,2H3,(H2,20,21,22). The summed E-state index contributed by atoms with van der Waals surface area (Å²) in [5.41, 5.74) is 2.24. The van der Waals surface area contributed by atoms with Crippen LogP contribution < -0.4 is 15.4 Å². The molecule has 0 bridgehead atoms. The number of ether oxygens (including phenoxy) is 1. The third-order valence-electron chi connectivity index (χ3n) is 3.29. The molecule has 4 heteroatoms. The zero-order valence-electron chi connectivity index (χ0n) is 13.5. The van der Waals surface area contributed by atoms with Crippen LogP contribution in [0.3, 0.4) is 0 Å². The average Bonchev–Trinajstić information content (AvgIpc) is 2.62. The van der Waals surface area contributed by atoms with Crippen LogP contribution >= 0.6 is 0 Å². The molecule has 0 heterocycles. The molecule has 0 saturated carbocycles. The number of guanidine groups is 1. The summed E-state index contributed by atoms with van der Waals surface area (Å²) in [5, 5.41) is 6.42. The van der Waals surface area contributed by atoms with E-state index in [0.29, 0.717) is 19.7 Å². The first kappa shape index (κ1) is 16.6. The van der Waals surface area contributed by atoms with Gasteiger partial charge in [-0.3, -0.25) is 4.99 Å². The number of nitrogens with zero attached hydrogens (tertiary/aromatic N) is 1. The molecule has 0 saturated heterocycles. The molecule has 0 atom stereocenters. The molecule has 2 N–H and O–H groups in total. The number of benzene rings is 2. The van der Waals surface area contributed by atoms with E-state index in [9.17, 15) is 0 Å². The van der Waals surface area contributed by atoms with Crippen LogP contribution in [-0.2, 0) is 13.2 Å². The molecule has 0 radical (unpaired) electrons. The van der Waals surface area contributed by atoms with Gasteiger partial charge < -0.3 is 15.4 Å². The van der Waals surface area contributed by atoms with Gasteiger partial charge in [-0.25, -0.2) is 0 Å². The molecule has 2 aromatic rings. The molecule has 0 aliphatic heterocycles. The maximum atomic E-state index is 5.95. The summed E-state index contributed by atoms with van der Waals surface area (Å²) in [4.78, 5) is 4.17. The van der Waals surface area contributed by atoms with Gasteiger partial charge in [0, 0.05) is 25.7 Å². The highest BCUT2D eigenvalue weighted by molar-refractivity contribution is 5.79. The van der Waals surface area contributed by atoms with Crippen LogP contribution in [0.2, 0.25) is 0 Å². The van der Waals surface area contributed by atoms with Crippen molar-refractivity contribution < 1.29 is 4.74 Å². The van der Waals surface area contributed by atoms with Crippen LogP contribution in [0.5, 0.6) is 5.75 Å². The fourth-order valence-electron chi connectivity index (χ4n) is 2.09. The van der Waals surface area contributed by atoms with Crippen LogP contribution in [0.4, 0.5) is 0 Å². The van der Waals surface area contributed by atoms with E-state index in [1.165, 1.54) is 0 Å². The van der Waals surface area contributed by atoms with Crippen molar-refractivity contribution in [2.75, 3.05) is 13.6 Å². The highest BCUT2D eigenvalue weighted by Gasteiger charge is 2.04. The van der Waals surface area contributed by atoms with Crippen LogP contribution in [0.25, 0.3) is 0 Å². The minimum absolute atomic E-state index is 0.557. The number of hydrogen-bond donors (Lipinski definition) is 2. The van der Waals surface area contributed by atoms with Crippen LogP contribution in [0, 0.1) is 0 Å². The summed E-state index contributed by atoms with van der Waals surface area (Å²) in [5.74, 6) is 1.62. The van der Waals surface area contributed by atoms with Crippen LogP contribution in [0.1, 0.15) is 11.1 Å². The second kappa shape index (κ2) is 9.30. The maximum Gasteiger partial charge on any atom is 0.191 e. The molecule has 4 nitrogen and oxygen atoms in total. The van der Waals surface area contributed by atoms with Gasteiger partial charge in [-0.1, -0.05) is 54.6 Å². The largest absolute Gasteiger partial charge is 0.489 e. The number of aliphatic imine (C=N–C) groups is 1. The Morgan fingerprint density at radius 2 is 1.83 bits per heavy atom. The summed E-state index contributed by atoms with van der Waals surface area (Å²) < 4.78 is 5.95. The van der Waals surface area contributed by atoms with Crippen molar-refractivity contribution in [3.63, 3.8) is 0 Å². The molecule has 0 aromatic heterocycles. The summed E-state index contributed by atoms with van der Waals surface area (Å²) in [7, 11) is 1.75. The first-order valence-corrected chi connectivity index (χ1v) is 7.63. The van der Waals surface area contributed by atoms with Crippen molar-refractivity contribution in [1.82, 2.24) is 10.6 Å². The molecule has 0 unspecified atom stereocenters. The minimum Gasteiger partial charge on any atom is -0.489 e. The van der Waals surface area contributed by atoms with Crippen molar-refractivity contribution in [1.29, 1.82) is 0 Å². The average molecular weight is 309 g/mol. The van der Waals surface area contributed by atoms with Gasteiger partial charge in [-0.05, 0) is 11.6 Å². The molecular formula is C19H23N3O. The van der Waals surface area contributed by atoms with Gasteiger partial charge in [0.05, 0.1) is 0 Å². The van der Waals surface area contributed by atoms with E-state index in [-0.39, 0.29) is 0 Å². The lowest BCUT2D eigenvalue weighted by Crippen LogP contribution is -2.36. The SMILES string of the molecule is C=CCNC(=NC)NCc1ccccc1OCc1ccccc1. The first-order chi connectivity index (χ1) is 11.3. The van der Waals surface area contributed by atoms with Gasteiger partial charge in [0.15, 0.2) is 5.96 Å². The fraction of sp³-hybridized carbons (Fsp3) is 0.211. The minimum atomic E-state index is 0.557. The molecule has 0 aliphatic carbocycles. The van der Waals surface area contributed by atoms with Gasteiger partial charge in [-0.2, -0.15) is 0 Å². The Bertz CT molecular complexity index is 638. The van der Waals surface area contributed by atoms with E-state index in [0.717, 1.165) is 22.8 Å². The van der Waals surface area contributed by atoms with E-state index < -0.39 is 0 Å². The van der Waals surface area contributed by atoms with Gasteiger partial charge >= 0.3 is 0 Å². The first-order valence-electron chi connectivity index (χ1n) is 7.63. The van der Waals surface area contributed by atoms with Crippen molar-refractivity contribution in [2.24, 2.45) is 4.99 Å². The number of rotatable bonds is 7. The maximum absolute atomic E-state index is 5.95. The summed E-state index contributed by atoms with van der Waals surface area (Å²) in [6.45, 7) is 5.56. The van der Waals surface area contributed by atoms with Crippen molar-refractivity contribution in [3.05, 3.63) is 78.4 Å². The van der Waals surface area contributed by atoms with Crippen molar-refractivity contribution in [3.8, 4) is 5.75 Å². The molecule has 0 fully saturated rings. The highest BCUT2D eigenvalue weighted by atomic mass is 16.5. The summed E-state index contributed by atoms with van der Waals surface area (Å²) >= 11 is 0. The molecule has 2 rings (SSSR count). The van der Waals surface area contributed by atoms with E-state index in [1.807, 2.05) is 42.5 Å². The van der Waals surface area contributed by atoms with Crippen molar-refractivity contribution >= 4 is 5.96 Å². The van der Waals surface area contributed by atoms with E-state index in [2.05, 4.69) is 34.3 Å². The lowest BCUT2D eigenvalue weighted by Gasteiger charge is -2.14. The Hall–Kier alpha value is -2.75. The topological polar surface area (TPSA) is 45.7 Å². The van der Waals surface area contributed by atoms with E-state index in [1.54, 1.807) is 13.1 Å². The molecule has 0 aliphatic rings. The molecule has 120 valence electrons. The quantitative estimate of drug-likeness (QED) is 0.469. The van der Waals surface area contributed by atoms with Gasteiger partial charge in [0.2, 0.25) is 0 Å². The number of hydrogen-bond acceptors (Lipinski definition) is 2. The smallest absolute Gasteiger partial charge is 0.191 e. The zero-order chi connectivity index (χ0) is 16.3. The second-order valence-electron chi connectivity index (χ2n) is 4.98. The zero-order valence-corrected chi connectivity index (χ0v) is 13.5.